The van der Waals surface area contributed by atoms with Crippen LogP contribution < -0.4 is 10.6 Å². The van der Waals surface area contributed by atoms with E-state index in [4.69, 9.17) is 0 Å². The highest BCUT2D eigenvalue weighted by Crippen LogP contribution is 2.38. The molecule has 0 saturated carbocycles. The molecule has 0 aliphatic rings. The lowest BCUT2D eigenvalue weighted by Gasteiger charge is -2.25. The van der Waals surface area contributed by atoms with Gasteiger partial charge in [-0.3, -0.25) is 0 Å². The van der Waals surface area contributed by atoms with Gasteiger partial charge in [-0.2, -0.15) is 0 Å². The van der Waals surface area contributed by atoms with E-state index in [0.29, 0.717) is 6.16 Å². The molecular formula is C20H25OP. The van der Waals surface area contributed by atoms with E-state index in [1.807, 2.05) is 0 Å². The summed E-state index contributed by atoms with van der Waals surface area (Å²) in [5, 5.41) is 2.76. The summed E-state index contributed by atoms with van der Waals surface area (Å²) in [4.78, 5) is 11.4. The molecule has 2 heteroatoms. The van der Waals surface area contributed by atoms with E-state index in [2.05, 4.69) is 65.8 Å². The van der Waals surface area contributed by atoms with Crippen molar-refractivity contribution in [1.29, 1.82) is 0 Å². The van der Waals surface area contributed by atoms with Crippen LogP contribution in [0, 0.1) is 41.5 Å². The molecule has 0 saturated heterocycles. The second kappa shape index (κ2) is 6.75. The molecule has 0 spiro atoms. The van der Waals surface area contributed by atoms with Crippen LogP contribution >= 0.6 is 7.92 Å². The third-order valence-corrected chi connectivity index (χ3v) is 7.07. The highest BCUT2D eigenvalue weighted by atomic mass is 31.1. The average molecular weight is 312 g/mol. The van der Waals surface area contributed by atoms with Gasteiger partial charge in [0, 0.05) is 6.16 Å². The van der Waals surface area contributed by atoms with Crippen molar-refractivity contribution in [2.45, 2.75) is 41.5 Å². The van der Waals surface area contributed by atoms with Crippen molar-refractivity contribution >= 4 is 24.8 Å². The van der Waals surface area contributed by atoms with Crippen LogP contribution in [0.5, 0.6) is 0 Å². The minimum atomic E-state index is -0.627. The lowest BCUT2D eigenvalue weighted by atomic mass is 10.1. The Bertz CT molecular complexity index is 612. The summed E-state index contributed by atoms with van der Waals surface area (Å²) in [6, 6.07) is 8.95. The Morgan fingerprint density at radius 1 is 0.727 bits per heavy atom. The molecule has 2 aromatic rings. The molecule has 0 radical (unpaired) electrons. The maximum Gasteiger partial charge on any atom is 0.124 e. The smallest absolute Gasteiger partial charge is 0.124 e. The third-order valence-electron chi connectivity index (χ3n) is 4.07. The monoisotopic (exact) mass is 312 g/mol. The van der Waals surface area contributed by atoms with Crippen LogP contribution in [0.15, 0.2) is 24.3 Å². The largest absolute Gasteiger partial charge is 0.303 e. The predicted octanol–water partition coefficient (Wildman–Crippen LogP) is 4.17. The van der Waals surface area contributed by atoms with Crippen molar-refractivity contribution in [3.63, 3.8) is 0 Å². The normalized spacial score (nSPS) is 11.0. The van der Waals surface area contributed by atoms with Gasteiger partial charge in [-0.15, -0.1) is 0 Å². The van der Waals surface area contributed by atoms with Gasteiger partial charge in [0.25, 0.3) is 0 Å². The molecule has 116 valence electrons. The molecule has 0 atom stereocenters. The molecule has 0 N–H and O–H groups in total. The second-order valence-corrected chi connectivity index (χ2v) is 8.39. The topological polar surface area (TPSA) is 17.1 Å². The Morgan fingerprint density at radius 2 is 1.05 bits per heavy atom. The lowest BCUT2D eigenvalue weighted by molar-refractivity contribution is -0.105. The molecule has 1 nitrogen and oxygen atoms in total. The SMILES string of the molecule is Cc1cc(C)c(P(CC=O)c2c(C)cc(C)cc2C)c(C)c1. The number of hydrogen-bond acceptors (Lipinski definition) is 1. The van der Waals surface area contributed by atoms with Crippen LogP contribution in [-0.2, 0) is 4.79 Å². The van der Waals surface area contributed by atoms with Crippen LogP contribution in [0.1, 0.15) is 33.4 Å². The fourth-order valence-corrected chi connectivity index (χ4v) is 6.26. The van der Waals surface area contributed by atoms with Crippen LogP contribution in [0.2, 0.25) is 0 Å². The van der Waals surface area contributed by atoms with Crippen molar-refractivity contribution in [1.82, 2.24) is 0 Å². The van der Waals surface area contributed by atoms with Crippen LogP contribution in [-0.4, -0.2) is 12.4 Å². The van der Waals surface area contributed by atoms with Gasteiger partial charge in [0.2, 0.25) is 0 Å². The summed E-state index contributed by atoms with van der Waals surface area (Å²) in [7, 11) is -0.627. The Kier molecular flexibility index (Phi) is 5.19. The first-order valence-corrected chi connectivity index (χ1v) is 9.24. The molecule has 22 heavy (non-hydrogen) atoms. The van der Waals surface area contributed by atoms with Crippen molar-refractivity contribution in [2.75, 3.05) is 6.16 Å². The minimum Gasteiger partial charge on any atom is -0.303 e. The van der Waals surface area contributed by atoms with Gasteiger partial charge in [0.1, 0.15) is 6.29 Å². The summed E-state index contributed by atoms with van der Waals surface area (Å²) in [6.45, 7) is 13.0. The van der Waals surface area contributed by atoms with Crippen LogP contribution in [0.25, 0.3) is 0 Å². The maximum atomic E-state index is 11.4. The summed E-state index contributed by atoms with van der Waals surface area (Å²) >= 11 is 0. The maximum absolute atomic E-state index is 11.4. The zero-order valence-corrected chi connectivity index (χ0v) is 15.3. The zero-order chi connectivity index (χ0) is 16.4. The fourth-order valence-electron chi connectivity index (χ4n) is 3.57. The van der Waals surface area contributed by atoms with E-state index < -0.39 is 7.92 Å². The van der Waals surface area contributed by atoms with E-state index >= 15 is 0 Å². The highest BCUT2D eigenvalue weighted by Gasteiger charge is 2.21. The van der Waals surface area contributed by atoms with Crippen molar-refractivity contribution in [2.24, 2.45) is 0 Å². The first-order chi connectivity index (χ1) is 10.3. The highest BCUT2D eigenvalue weighted by molar-refractivity contribution is 7.74. The van der Waals surface area contributed by atoms with Gasteiger partial charge in [0.05, 0.1) is 0 Å². The molecule has 0 fully saturated rings. The number of hydrogen-bond donors (Lipinski definition) is 0. The van der Waals surface area contributed by atoms with Gasteiger partial charge in [-0.05, 0) is 82.3 Å². The van der Waals surface area contributed by atoms with E-state index in [9.17, 15) is 4.79 Å². The second-order valence-electron chi connectivity index (χ2n) is 6.27. The quantitative estimate of drug-likeness (QED) is 0.612. The molecule has 2 aromatic carbocycles. The van der Waals surface area contributed by atoms with Gasteiger partial charge in [-0.1, -0.05) is 35.4 Å². The Morgan fingerprint density at radius 3 is 1.32 bits per heavy atom. The van der Waals surface area contributed by atoms with Gasteiger partial charge in [0.15, 0.2) is 0 Å². The van der Waals surface area contributed by atoms with E-state index in [-0.39, 0.29) is 0 Å². The van der Waals surface area contributed by atoms with Crippen LogP contribution in [0.3, 0.4) is 0 Å². The number of rotatable bonds is 4. The van der Waals surface area contributed by atoms with Gasteiger partial charge in [-0.25, -0.2) is 0 Å². The summed E-state index contributed by atoms with van der Waals surface area (Å²) < 4.78 is 0. The van der Waals surface area contributed by atoms with Crippen molar-refractivity contribution in [3.8, 4) is 0 Å². The first kappa shape index (κ1) is 16.9. The van der Waals surface area contributed by atoms with E-state index in [0.717, 1.165) is 6.29 Å². The number of aryl methyl sites for hydroxylation is 6. The molecule has 0 aromatic heterocycles. The molecule has 0 aliphatic heterocycles. The molecule has 0 unspecified atom stereocenters. The first-order valence-electron chi connectivity index (χ1n) is 7.72. The molecular weight excluding hydrogens is 287 g/mol. The minimum absolute atomic E-state index is 0.602. The Labute approximate surface area is 135 Å². The third kappa shape index (κ3) is 3.31. The molecule has 2 rings (SSSR count). The van der Waals surface area contributed by atoms with Crippen molar-refractivity contribution in [3.05, 3.63) is 57.6 Å². The average Bonchev–Trinajstić information content (AvgIpc) is 2.36. The van der Waals surface area contributed by atoms with E-state index in [1.165, 1.54) is 44.0 Å². The molecule has 0 aliphatic carbocycles. The van der Waals surface area contributed by atoms with Crippen molar-refractivity contribution < 1.29 is 4.79 Å². The molecule has 0 amide bonds. The summed E-state index contributed by atoms with van der Waals surface area (Å²) in [5.41, 5.74) is 7.82. The van der Waals surface area contributed by atoms with Gasteiger partial charge >= 0.3 is 0 Å². The standard InChI is InChI=1S/C20H25OP/c1-13-9-15(3)19(16(4)10-13)22(8-7-21)20-17(5)11-14(2)12-18(20)6/h7,9-12H,8H2,1-6H3. The predicted molar refractivity (Wildman–Crippen MR) is 98.4 cm³/mol. The fraction of sp³-hybridized carbons (Fsp3) is 0.350. The lowest BCUT2D eigenvalue weighted by Crippen LogP contribution is -2.23. The van der Waals surface area contributed by atoms with E-state index in [1.54, 1.807) is 0 Å². The number of carbonyl (C=O) groups is 1. The number of carbonyl (C=O) groups excluding carboxylic acids is 1. The Balaban J connectivity index is 2.69. The molecule has 0 bridgehead atoms. The van der Waals surface area contributed by atoms with Gasteiger partial charge < -0.3 is 4.79 Å². The molecule has 0 heterocycles. The number of benzene rings is 2. The zero-order valence-electron chi connectivity index (χ0n) is 14.4. The summed E-state index contributed by atoms with van der Waals surface area (Å²) in [5.74, 6) is 0. The Hall–Kier alpha value is -1.46. The van der Waals surface area contributed by atoms with Crippen LogP contribution in [0.4, 0.5) is 0 Å². The number of aldehydes is 1. The summed E-state index contributed by atoms with van der Waals surface area (Å²) in [6.07, 6.45) is 1.69.